The molecule has 0 aliphatic carbocycles. The van der Waals surface area contributed by atoms with E-state index in [0.717, 1.165) is 6.26 Å². The van der Waals surface area contributed by atoms with Crippen LogP contribution < -0.4 is 0 Å². The Balaban J connectivity index is 2.79. The van der Waals surface area contributed by atoms with Crippen LogP contribution in [0.5, 0.6) is 0 Å². The van der Waals surface area contributed by atoms with E-state index in [1.165, 1.54) is 0 Å². The van der Waals surface area contributed by atoms with Gasteiger partial charge in [-0.2, -0.15) is 8.42 Å². The standard InChI is InChI=1S/C12H24FO7PS/c1-8(2)19-21(14,20-9(3)4)12-6-10(13)11(18-12)7-17-22(5,15)16/h8-12H,6-7H2,1-5H3/t10-,11+,12-/m0/s1. The van der Waals surface area contributed by atoms with Crippen molar-refractivity contribution in [2.75, 3.05) is 12.9 Å². The van der Waals surface area contributed by atoms with E-state index in [0.29, 0.717) is 0 Å². The monoisotopic (exact) mass is 362 g/mol. The summed E-state index contributed by atoms with van der Waals surface area (Å²) in [5.41, 5.74) is 0. The average Bonchev–Trinajstić information content (AvgIpc) is 2.65. The second kappa shape index (κ2) is 7.68. The predicted molar refractivity (Wildman–Crippen MR) is 79.0 cm³/mol. The van der Waals surface area contributed by atoms with E-state index in [9.17, 15) is 17.4 Å². The van der Waals surface area contributed by atoms with E-state index >= 15 is 0 Å². The highest BCUT2D eigenvalue weighted by Crippen LogP contribution is 2.59. The molecule has 1 heterocycles. The van der Waals surface area contributed by atoms with Crippen molar-refractivity contribution in [1.82, 2.24) is 0 Å². The summed E-state index contributed by atoms with van der Waals surface area (Å²) in [6, 6.07) is 0. The zero-order valence-corrected chi connectivity index (χ0v) is 15.1. The van der Waals surface area contributed by atoms with E-state index in [-0.39, 0.29) is 6.42 Å². The lowest BCUT2D eigenvalue weighted by Gasteiger charge is -2.27. The van der Waals surface area contributed by atoms with Crippen molar-refractivity contribution in [3.05, 3.63) is 0 Å². The number of rotatable bonds is 8. The normalized spacial score (nSPS) is 27.0. The number of halogens is 1. The molecular weight excluding hydrogens is 338 g/mol. The first-order valence-electron chi connectivity index (χ1n) is 7.03. The third-order valence-corrected chi connectivity index (χ3v) is 5.71. The Kier molecular flexibility index (Phi) is 6.98. The predicted octanol–water partition coefficient (Wildman–Crippen LogP) is 2.46. The Bertz CT molecular complexity index is 494. The molecule has 0 spiro atoms. The topological polar surface area (TPSA) is 88.1 Å². The molecule has 10 heteroatoms. The molecule has 0 radical (unpaired) electrons. The van der Waals surface area contributed by atoms with E-state index in [2.05, 4.69) is 4.18 Å². The van der Waals surface area contributed by atoms with Crippen molar-refractivity contribution in [3.63, 3.8) is 0 Å². The molecule has 0 amide bonds. The van der Waals surface area contributed by atoms with Gasteiger partial charge in [0, 0.05) is 6.42 Å². The number of hydrogen-bond acceptors (Lipinski definition) is 7. The summed E-state index contributed by atoms with van der Waals surface area (Å²) in [5.74, 6) is -1.08. The Hall–Kier alpha value is -0.0500. The number of alkyl halides is 1. The smallest absolute Gasteiger partial charge is 0.357 e. The minimum Gasteiger partial charge on any atom is -0.357 e. The summed E-state index contributed by atoms with van der Waals surface area (Å²) in [4.78, 5) is 0. The van der Waals surface area contributed by atoms with Gasteiger partial charge in [0.1, 0.15) is 12.3 Å². The molecule has 0 unspecified atom stereocenters. The lowest BCUT2D eigenvalue weighted by atomic mass is 10.2. The summed E-state index contributed by atoms with van der Waals surface area (Å²) in [6.45, 7) is 6.26. The molecule has 1 saturated heterocycles. The molecule has 0 N–H and O–H groups in total. The van der Waals surface area contributed by atoms with Gasteiger partial charge in [0.05, 0.1) is 25.1 Å². The van der Waals surface area contributed by atoms with Crippen LogP contribution >= 0.6 is 7.60 Å². The second-order valence-corrected chi connectivity index (χ2v) is 9.44. The Labute approximate surface area is 131 Å². The van der Waals surface area contributed by atoms with Gasteiger partial charge in [0.25, 0.3) is 10.1 Å². The Morgan fingerprint density at radius 1 is 1.23 bits per heavy atom. The van der Waals surface area contributed by atoms with Crippen LogP contribution in [0.1, 0.15) is 34.1 Å². The van der Waals surface area contributed by atoms with Gasteiger partial charge in [-0.05, 0) is 27.7 Å². The Morgan fingerprint density at radius 3 is 2.14 bits per heavy atom. The van der Waals surface area contributed by atoms with Crippen molar-refractivity contribution in [1.29, 1.82) is 0 Å². The number of hydrogen-bond donors (Lipinski definition) is 0. The summed E-state index contributed by atoms with van der Waals surface area (Å²) in [6.07, 6.45) is -2.75. The lowest BCUT2D eigenvalue weighted by Crippen LogP contribution is -2.25. The van der Waals surface area contributed by atoms with Gasteiger partial charge < -0.3 is 13.8 Å². The molecular formula is C12H24FO7PS. The zero-order valence-electron chi connectivity index (χ0n) is 13.4. The van der Waals surface area contributed by atoms with E-state index in [4.69, 9.17) is 13.8 Å². The molecule has 1 aliphatic rings. The van der Waals surface area contributed by atoms with Crippen molar-refractivity contribution >= 4 is 17.7 Å². The molecule has 22 heavy (non-hydrogen) atoms. The van der Waals surface area contributed by atoms with Gasteiger partial charge in [0.15, 0.2) is 5.85 Å². The SMILES string of the molecule is CC(C)OP(=O)(OC(C)C)[C@H]1C[C@H](F)[C@@H](COS(C)(=O)=O)O1. The van der Waals surface area contributed by atoms with Crippen LogP contribution in [0.4, 0.5) is 4.39 Å². The molecule has 0 bridgehead atoms. The van der Waals surface area contributed by atoms with Crippen molar-refractivity contribution in [2.45, 2.75) is 64.4 Å². The first-order valence-corrected chi connectivity index (χ1v) is 10.5. The molecule has 132 valence electrons. The quantitative estimate of drug-likeness (QED) is 0.484. The van der Waals surface area contributed by atoms with Gasteiger partial charge in [-0.25, -0.2) is 4.39 Å². The second-order valence-electron chi connectivity index (χ2n) is 5.72. The van der Waals surface area contributed by atoms with Crippen molar-refractivity contribution in [2.24, 2.45) is 0 Å². The van der Waals surface area contributed by atoms with Gasteiger partial charge >= 0.3 is 7.60 Å². The third kappa shape index (κ3) is 6.22. The fourth-order valence-electron chi connectivity index (χ4n) is 1.97. The lowest BCUT2D eigenvalue weighted by molar-refractivity contribution is 0.0105. The van der Waals surface area contributed by atoms with Crippen LogP contribution in [0, 0.1) is 0 Å². The maximum Gasteiger partial charge on any atom is 0.359 e. The van der Waals surface area contributed by atoms with Crippen molar-refractivity contribution < 1.29 is 35.3 Å². The molecule has 1 fully saturated rings. The molecule has 1 rings (SSSR count). The maximum atomic E-state index is 14.0. The van der Waals surface area contributed by atoms with E-state index in [1.807, 2.05) is 0 Å². The van der Waals surface area contributed by atoms with Crippen LogP contribution in [-0.2, 0) is 32.7 Å². The Morgan fingerprint density at radius 2 is 1.73 bits per heavy atom. The molecule has 0 aromatic rings. The third-order valence-electron chi connectivity index (χ3n) is 2.68. The molecule has 7 nitrogen and oxygen atoms in total. The molecule has 0 aromatic carbocycles. The molecule has 1 aliphatic heterocycles. The van der Waals surface area contributed by atoms with Crippen LogP contribution in [0.3, 0.4) is 0 Å². The van der Waals surface area contributed by atoms with Crippen LogP contribution in [0.15, 0.2) is 0 Å². The zero-order chi connectivity index (χ0) is 17.1. The van der Waals surface area contributed by atoms with Gasteiger partial charge in [-0.1, -0.05) is 0 Å². The summed E-state index contributed by atoms with van der Waals surface area (Å²) >= 11 is 0. The minimum atomic E-state index is -3.70. The van der Waals surface area contributed by atoms with E-state index < -0.39 is 54.6 Å². The highest BCUT2D eigenvalue weighted by Gasteiger charge is 2.48. The van der Waals surface area contributed by atoms with Crippen LogP contribution in [0.2, 0.25) is 0 Å². The first kappa shape index (κ1) is 20.0. The highest BCUT2D eigenvalue weighted by molar-refractivity contribution is 7.85. The molecule has 3 atom stereocenters. The van der Waals surface area contributed by atoms with Crippen LogP contribution in [0.25, 0.3) is 0 Å². The largest absolute Gasteiger partial charge is 0.359 e. The average molecular weight is 362 g/mol. The van der Waals surface area contributed by atoms with Gasteiger partial charge in [-0.3, -0.25) is 8.75 Å². The first-order chi connectivity index (χ1) is 9.93. The van der Waals surface area contributed by atoms with Gasteiger partial charge in [0.2, 0.25) is 0 Å². The van der Waals surface area contributed by atoms with Crippen molar-refractivity contribution in [3.8, 4) is 0 Å². The minimum absolute atomic E-state index is 0.200. The summed E-state index contributed by atoms with van der Waals surface area (Å²) in [5, 5.41) is 0. The maximum absolute atomic E-state index is 14.0. The highest BCUT2D eigenvalue weighted by atomic mass is 32.2. The molecule has 0 saturated carbocycles. The fourth-order valence-corrected chi connectivity index (χ4v) is 4.62. The van der Waals surface area contributed by atoms with Crippen LogP contribution in [-0.4, -0.2) is 51.6 Å². The summed E-state index contributed by atoms with van der Waals surface area (Å²) < 4.78 is 69.4. The van der Waals surface area contributed by atoms with Gasteiger partial charge in [-0.15, -0.1) is 0 Å². The fraction of sp³-hybridized carbons (Fsp3) is 1.00. The summed E-state index contributed by atoms with van der Waals surface area (Å²) in [7, 11) is -7.39. The number of ether oxygens (including phenoxy) is 1. The van der Waals surface area contributed by atoms with E-state index in [1.54, 1.807) is 27.7 Å². The molecule has 0 aromatic heterocycles.